The lowest BCUT2D eigenvalue weighted by Crippen LogP contribution is -2.41. The molecule has 0 spiro atoms. The number of esters is 1. The zero-order chi connectivity index (χ0) is 36.8. The number of aryl methyl sites for hydroxylation is 1. The van der Waals surface area contributed by atoms with Gasteiger partial charge in [0.25, 0.3) is 0 Å². The van der Waals surface area contributed by atoms with Gasteiger partial charge in [-0.15, -0.1) is 11.3 Å². The number of amides is 1. The molecule has 14 heteroatoms. The maximum Gasteiger partial charge on any atom is 0.434 e. The number of aliphatic imine (C=N–C) groups is 1. The Morgan fingerprint density at radius 3 is 2.46 bits per heavy atom. The summed E-state index contributed by atoms with van der Waals surface area (Å²) in [4.78, 5) is 32.5. The van der Waals surface area contributed by atoms with Gasteiger partial charge in [0.2, 0.25) is 0 Å². The van der Waals surface area contributed by atoms with Crippen LogP contribution in [0.2, 0.25) is 0 Å². The number of carbonyl (C=O) groups excluding carboxylic acids is 2. The molecule has 1 amide bonds. The minimum atomic E-state index is -4.91. The molecule has 50 heavy (non-hydrogen) atoms. The summed E-state index contributed by atoms with van der Waals surface area (Å²) < 4.78 is 59.4. The SMILES string of the molecule is C=C/C=C(\N=C(C)n1ncc(C(=O)OCC)c1C(F)(F)F)c1sc(C)cc1COc1ccc(C2CCN(C(=O)OC(C)(C)C)CC2)c(CO)c1. The second-order valence-electron chi connectivity index (χ2n) is 12.7. The van der Waals surface area contributed by atoms with E-state index < -0.39 is 29.0 Å². The number of carbonyl (C=O) groups is 2. The summed E-state index contributed by atoms with van der Waals surface area (Å²) in [7, 11) is 0. The first kappa shape index (κ1) is 38.4. The van der Waals surface area contributed by atoms with E-state index in [1.807, 2.05) is 45.9 Å². The summed E-state index contributed by atoms with van der Waals surface area (Å²) >= 11 is 1.39. The van der Waals surface area contributed by atoms with Crippen LogP contribution in [-0.4, -0.2) is 63.0 Å². The second-order valence-corrected chi connectivity index (χ2v) is 14.0. The van der Waals surface area contributed by atoms with E-state index in [1.54, 1.807) is 17.0 Å². The van der Waals surface area contributed by atoms with Gasteiger partial charge in [-0.2, -0.15) is 18.3 Å². The van der Waals surface area contributed by atoms with E-state index in [0.29, 0.717) is 34.1 Å². The largest absolute Gasteiger partial charge is 0.489 e. The number of ether oxygens (including phenoxy) is 3. The number of likely N-dealkylation sites (tertiary alicyclic amines) is 1. The Kier molecular flexibility index (Phi) is 12.3. The summed E-state index contributed by atoms with van der Waals surface area (Å²) in [6.07, 6.45) is 0.112. The number of nitrogens with zero attached hydrogens (tertiary/aromatic N) is 4. The van der Waals surface area contributed by atoms with Gasteiger partial charge in [0.15, 0.2) is 5.69 Å². The summed E-state index contributed by atoms with van der Waals surface area (Å²) in [6, 6.07) is 7.50. The molecule has 1 aromatic carbocycles. The molecule has 1 fully saturated rings. The van der Waals surface area contributed by atoms with E-state index in [1.165, 1.54) is 31.3 Å². The standard InChI is InChI=1S/C36H43F3N4O6S/c1-8-10-30(41-23(4)43-32(36(37,38)39)29(19-40-43)33(45)47-9-2)31-26(17-22(3)50-31)21-48-27-11-12-28(25(18-27)20-44)24-13-15-42(16-14-24)34(46)49-35(5,6)7/h8,10-12,17-19,24,44H,1,9,13-16,20-21H2,2-7H3/b30-10-,41-23?. The van der Waals surface area contributed by atoms with E-state index in [0.717, 1.165) is 40.6 Å². The third-order valence-corrected chi connectivity index (χ3v) is 8.94. The van der Waals surface area contributed by atoms with Crippen LogP contribution in [0.15, 0.2) is 54.2 Å². The van der Waals surface area contributed by atoms with E-state index in [4.69, 9.17) is 14.2 Å². The third kappa shape index (κ3) is 9.42. The molecule has 270 valence electrons. The molecule has 2 aromatic heterocycles. The van der Waals surface area contributed by atoms with Gasteiger partial charge < -0.3 is 24.2 Å². The zero-order valence-corrected chi connectivity index (χ0v) is 29.9. The van der Waals surface area contributed by atoms with Crippen molar-refractivity contribution in [3.8, 4) is 5.75 Å². The average Bonchev–Trinajstić information content (AvgIpc) is 3.67. The van der Waals surface area contributed by atoms with E-state index in [2.05, 4.69) is 16.7 Å². The Morgan fingerprint density at radius 2 is 1.86 bits per heavy atom. The highest BCUT2D eigenvalue weighted by Gasteiger charge is 2.41. The van der Waals surface area contributed by atoms with Gasteiger partial charge in [-0.3, -0.25) is 0 Å². The van der Waals surface area contributed by atoms with Crippen LogP contribution in [0, 0.1) is 6.92 Å². The highest BCUT2D eigenvalue weighted by molar-refractivity contribution is 7.13. The average molecular weight is 717 g/mol. The van der Waals surface area contributed by atoms with Crippen LogP contribution in [0.4, 0.5) is 18.0 Å². The maximum atomic E-state index is 14.1. The van der Waals surface area contributed by atoms with Gasteiger partial charge in [-0.05, 0) is 95.7 Å². The quantitative estimate of drug-likeness (QED) is 0.0975. The number of rotatable bonds is 10. The first-order valence-corrected chi connectivity index (χ1v) is 17.0. The number of aromatic nitrogens is 2. The van der Waals surface area contributed by atoms with Crippen LogP contribution in [0.1, 0.15) is 95.9 Å². The molecule has 0 saturated carbocycles. The molecule has 10 nitrogen and oxygen atoms in total. The minimum Gasteiger partial charge on any atom is -0.489 e. The molecule has 3 aromatic rings. The Bertz CT molecular complexity index is 1760. The van der Waals surface area contributed by atoms with Gasteiger partial charge in [0.05, 0.1) is 30.0 Å². The van der Waals surface area contributed by atoms with Gasteiger partial charge in [0.1, 0.15) is 29.4 Å². The summed E-state index contributed by atoms with van der Waals surface area (Å²) in [5.74, 6) is -0.565. The van der Waals surface area contributed by atoms with E-state index >= 15 is 0 Å². The van der Waals surface area contributed by atoms with Crippen LogP contribution >= 0.6 is 11.3 Å². The number of piperidine rings is 1. The Labute approximate surface area is 293 Å². The molecule has 0 radical (unpaired) electrons. The third-order valence-electron chi connectivity index (χ3n) is 7.83. The number of hydrogen-bond acceptors (Lipinski definition) is 9. The van der Waals surface area contributed by atoms with Crippen molar-refractivity contribution in [2.75, 3.05) is 19.7 Å². The van der Waals surface area contributed by atoms with Crippen molar-refractivity contribution in [3.63, 3.8) is 0 Å². The normalized spacial score (nSPS) is 14.9. The number of halogens is 3. The van der Waals surface area contributed by atoms with Gasteiger partial charge >= 0.3 is 18.2 Å². The van der Waals surface area contributed by atoms with E-state index in [-0.39, 0.29) is 37.7 Å². The van der Waals surface area contributed by atoms with E-state index in [9.17, 15) is 27.9 Å². The summed E-state index contributed by atoms with van der Waals surface area (Å²) in [6.45, 7) is 15.0. The van der Waals surface area contributed by atoms with Crippen LogP contribution in [0.25, 0.3) is 5.70 Å². The number of aliphatic hydroxyl groups excluding tert-OH is 1. The van der Waals surface area contributed by atoms with Crippen molar-refractivity contribution in [2.45, 2.75) is 85.3 Å². The van der Waals surface area contributed by atoms with Crippen molar-refractivity contribution >= 4 is 34.9 Å². The molecule has 0 atom stereocenters. The maximum absolute atomic E-state index is 14.1. The van der Waals surface area contributed by atoms with Gasteiger partial charge in [-0.1, -0.05) is 18.7 Å². The molecule has 1 aliphatic heterocycles. The minimum absolute atomic E-state index is 0.0919. The predicted octanol–water partition coefficient (Wildman–Crippen LogP) is 8.13. The lowest BCUT2D eigenvalue weighted by atomic mass is 9.86. The first-order chi connectivity index (χ1) is 23.6. The predicted molar refractivity (Wildman–Crippen MR) is 185 cm³/mol. The number of benzene rings is 1. The molecule has 1 aliphatic rings. The van der Waals surface area contributed by atoms with Crippen molar-refractivity contribution in [1.82, 2.24) is 14.7 Å². The Hall–Kier alpha value is -4.43. The molecule has 1 saturated heterocycles. The Balaban J connectivity index is 1.53. The molecular weight excluding hydrogens is 673 g/mol. The lowest BCUT2D eigenvalue weighted by Gasteiger charge is -2.34. The van der Waals surface area contributed by atoms with Crippen LogP contribution in [-0.2, 0) is 28.9 Å². The second kappa shape index (κ2) is 16.1. The lowest BCUT2D eigenvalue weighted by molar-refractivity contribution is -0.143. The van der Waals surface area contributed by atoms with Crippen molar-refractivity contribution in [3.05, 3.63) is 86.9 Å². The molecule has 3 heterocycles. The zero-order valence-electron chi connectivity index (χ0n) is 29.1. The monoisotopic (exact) mass is 716 g/mol. The fraction of sp³-hybridized carbons (Fsp3) is 0.444. The van der Waals surface area contributed by atoms with Crippen LogP contribution in [0.5, 0.6) is 5.75 Å². The molecule has 0 unspecified atom stereocenters. The van der Waals surface area contributed by atoms with Gasteiger partial charge in [-0.25, -0.2) is 19.3 Å². The van der Waals surface area contributed by atoms with Crippen molar-refractivity contribution < 1.29 is 42.1 Å². The highest BCUT2D eigenvalue weighted by Crippen LogP contribution is 2.36. The number of allylic oxidation sites excluding steroid dienone is 2. The molecule has 1 N–H and O–H groups in total. The fourth-order valence-corrected chi connectivity index (χ4v) is 6.67. The molecule has 4 rings (SSSR count). The fourth-order valence-electron chi connectivity index (χ4n) is 5.68. The van der Waals surface area contributed by atoms with Crippen molar-refractivity contribution in [2.24, 2.45) is 4.99 Å². The first-order valence-electron chi connectivity index (χ1n) is 16.2. The summed E-state index contributed by atoms with van der Waals surface area (Å²) in [5.41, 5.74) is 0.254. The molecular formula is C36H43F3N4O6S. The Morgan fingerprint density at radius 1 is 1.16 bits per heavy atom. The topological polar surface area (TPSA) is 115 Å². The van der Waals surface area contributed by atoms with Gasteiger partial charge in [0, 0.05) is 23.5 Å². The highest BCUT2D eigenvalue weighted by atomic mass is 32.1. The number of thiophene rings is 1. The summed E-state index contributed by atoms with van der Waals surface area (Å²) in [5, 5.41) is 14.1. The van der Waals surface area contributed by atoms with Crippen LogP contribution < -0.4 is 4.74 Å². The van der Waals surface area contributed by atoms with Crippen molar-refractivity contribution in [1.29, 1.82) is 0 Å². The number of alkyl halides is 3. The molecule has 0 bridgehead atoms. The number of hydrogen-bond donors (Lipinski definition) is 1. The number of aliphatic hydroxyl groups is 1. The smallest absolute Gasteiger partial charge is 0.434 e. The van der Waals surface area contributed by atoms with Crippen LogP contribution in [0.3, 0.4) is 0 Å². The molecule has 0 aliphatic carbocycles.